The average Bonchev–Trinajstić information content (AvgIpc) is 3.24. The quantitative estimate of drug-likeness (QED) is 0.767. The first-order valence-corrected chi connectivity index (χ1v) is 7.58. The molecule has 0 aliphatic carbocycles. The smallest absolute Gasteiger partial charge is 0.269 e. The zero-order chi connectivity index (χ0) is 15.8. The summed E-state index contributed by atoms with van der Waals surface area (Å²) in [5, 5.41) is 7.47. The Hall–Kier alpha value is -2.96. The molecule has 1 aliphatic heterocycles. The fourth-order valence-electron chi connectivity index (χ4n) is 2.93. The minimum absolute atomic E-state index is 0.247. The Morgan fingerprint density at radius 1 is 1.13 bits per heavy atom. The van der Waals surface area contributed by atoms with Crippen LogP contribution >= 0.6 is 0 Å². The summed E-state index contributed by atoms with van der Waals surface area (Å²) in [4.78, 5) is 22.5. The van der Waals surface area contributed by atoms with Gasteiger partial charge in [0.2, 0.25) is 5.95 Å². The van der Waals surface area contributed by atoms with Gasteiger partial charge in [-0.3, -0.25) is 9.89 Å². The number of aromatic nitrogens is 4. The summed E-state index contributed by atoms with van der Waals surface area (Å²) in [6.07, 6.45) is 6.01. The molecule has 0 radical (unpaired) electrons. The van der Waals surface area contributed by atoms with Gasteiger partial charge in [0.15, 0.2) is 5.69 Å². The van der Waals surface area contributed by atoms with Crippen LogP contribution in [0.5, 0.6) is 0 Å². The molecule has 0 unspecified atom stereocenters. The van der Waals surface area contributed by atoms with Crippen LogP contribution in [0.3, 0.4) is 0 Å². The number of rotatable bonds is 3. The molecule has 1 fully saturated rings. The number of amides is 1. The Morgan fingerprint density at radius 2 is 1.87 bits per heavy atom. The van der Waals surface area contributed by atoms with Gasteiger partial charge in [-0.2, -0.15) is 5.10 Å². The van der Waals surface area contributed by atoms with E-state index in [0.29, 0.717) is 5.39 Å². The number of fused-ring (bicyclic) bond motifs is 1. The molecule has 7 nitrogen and oxygen atoms in total. The molecule has 23 heavy (non-hydrogen) atoms. The van der Waals surface area contributed by atoms with Crippen molar-refractivity contribution in [1.82, 2.24) is 20.2 Å². The monoisotopic (exact) mass is 308 g/mol. The number of nitrogens with zero attached hydrogens (tertiary/aromatic N) is 4. The van der Waals surface area contributed by atoms with Crippen LogP contribution in [0, 0.1) is 0 Å². The highest BCUT2D eigenvalue weighted by atomic mass is 16.1. The van der Waals surface area contributed by atoms with E-state index in [1.165, 1.54) is 12.8 Å². The van der Waals surface area contributed by atoms with Crippen molar-refractivity contribution in [2.75, 3.05) is 18.0 Å². The van der Waals surface area contributed by atoms with Gasteiger partial charge in [-0.25, -0.2) is 9.97 Å². The largest absolute Gasteiger partial charge is 0.364 e. The Balaban J connectivity index is 1.70. The van der Waals surface area contributed by atoms with Gasteiger partial charge in [0.25, 0.3) is 5.91 Å². The summed E-state index contributed by atoms with van der Waals surface area (Å²) < 4.78 is 0. The Morgan fingerprint density at radius 3 is 2.57 bits per heavy atom. The second kappa shape index (κ2) is 5.35. The van der Waals surface area contributed by atoms with Crippen molar-refractivity contribution < 1.29 is 4.79 Å². The number of carbonyl (C=O) groups is 1. The van der Waals surface area contributed by atoms with Gasteiger partial charge >= 0.3 is 0 Å². The van der Waals surface area contributed by atoms with Crippen molar-refractivity contribution in [1.29, 1.82) is 0 Å². The molecule has 1 saturated heterocycles. The lowest BCUT2D eigenvalue weighted by Crippen LogP contribution is -2.20. The standard InChI is InChI=1S/C16H16N6O/c17-15(23)14-12-7-10(3-4-13(12)20-21-14)11-8-18-16(19-9-11)22-5-1-2-6-22/h3-4,7-9H,1-2,5-6H2,(H2,17,23)(H,20,21). The van der Waals surface area contributed by atoms with Gasteiger partial charge in [-0.15, -0.1) is 0 Å². The summed E-state index contributed by atoms with van der Waals surface area (Å²) in [6.45, 7) is 2.03. The zero-order valence-corrected chi connectivity index (χ0v) is 12.5. The predicted molar refractivity (Wildman–Crippen MR) is 87.1 cm³/mol. The molecule has 1 aromatic carbocycles. The number of carbonyl (C=O) groups excluding carboxylic acids is 1. The summed E-state index contributed by atoms with van der Waals surface area (Å²) >= 11 is 0. The third-order valence-electron chi connectivity index (χ3n) is 4.16. The highest BCUT2D eigenvalue weighted by Gasteiger charge is 2.15. The van der Waals surface area contributed by atoms with Crippen LogP contribution in [0.15, 0.2) is 30.6 Å². The maximum atomic E-state index is 11.4. The van der Waals surface area contributed by atoms with Gasteiger partial charge in [0.1, 0.15) is 0 Å². The van der Waals surface area contributed by atoms with E-state index in [2.05, 4.69) is 25.1 Å². The van der Waals surface area contributed by atoms with Crippen LogP contribution in [0.25, 0.3) is 22.0 Å². The highest BCUT2D eigenvalue weighted by molar-refractivity contribution is 6.04. The minimum atomic E-state index is -0.547. The molecule has 2 aromatic heterocycles. The summed E-state index contributed by atoms with van der Waals surface area (Å²) in [6, 6.07) is 5.70. The lowest BCUT2D eigenvalue weighted by molar-refractivity contribution is 0.0997. The van der Waals surface area contributed by atoms with E-state index >= 15 is 0 Å². The van der Waals surface area contributed by atoms with Gasteiger partial charge in [-0.05, 0) is 30.5 Å². The van der Waals surface area contributed by atoms with Gasteiger partial charge in [0.05, 0.1) is 5.52 Å². The molecule has 4 rings (SSSR count). The van der Waals surface area contributed by atoms with E-state index in [1.54, 1.807) is 0 Å². The van der Waals surface area contributed by atoms with Crippen LogP contribution < -0.4 is 10.6 Å². The molecule has 3 aromatic rings. The third kappa shape index (κ3) is 2.40. The van der Waals surface area contributed by atoms with E-state index in [0.717, 1.165) is 35.7 Å². The first-order valence-electron chi connectivity index (χ1n) is 7.58. The Labute approximate surface area is 132 Å². The van der Waals surface area contributed by atoms with Crippen molar-refractivity contribution in [3.05, 3.63) is 36.3 Å². The number of aromatic amines is 1. The summed E-state index contributed by atoms with van der Waals surface area (Å²) in [7, 11) is 0. The Kier molecular flexibility index (Phi) is 3.18. The summed E-state index contributed by atoms with van der Waals surface area (Å²) in [5.74, 6) is 0.225. The second-order valence-corrected chi connectivity index (χ2v) is 5.66. The molecule has 3 N–H and O–H groups in total. The minimum Gasteiger partial charge on any atom is -0.364 e. The molecule has 0 atom stereocenters. The second-order valence-electron chi connectivity index (χ2n) is 5.66. The molecule has 7 heteroatoms. The first kappa shape index (κ1) is 13.7. The fourth-order valence-corrected chi connectivity index (χ4v) is 2.93. The van der Waals surface area contributed by atoms with Crippen LogP contribution in [-0.2, 0) is 0 Å². The molecule has 116 valence electrons. The number of nitrogens with two attached hydrogens (primary N) is 1. The van der Waals surface area contributed by atoms with Crippen molar-refractivity contribution in [3.63, 3.8) is 0 Å². The van der Waals surface area contributed by atoms with Crippen molar-refractivity contribution in [2.45, 2.75) is 12.8 Å². The molecule has 3 heterocycles. The van der Waals surface area contributed by atoms with Crippen molar-refractivity contribution >= 4 is 22.8 Å². The molecule has 1 aliphatic rings. The molecule has 0 saturated carbocycles. The summed E-state index contributed by atoms with van der Waals surface area (Å²) in [5.41, 5.74) is 8.19. The van der Waals surface area contributed by atoms with Crippen LogP contribution in [0.4, 0.5) is 5.95 Å². The van der Waals surface area contributed by atoms with Crippen molar-refractivity contribution in [2.24, 2.45) is 5.73 Å². The Bertz CT molecular complexity index is 864. The predicted octanol–water partition coefficient (Wildman–Crippen LogP) is 1.72. The van der Waals surface area contributed by atoms with E-state index in [4.69, 9.17) is 5.73 Å². The number of nitrogens with one attached hydrogen (secondary N) is 1. The lowest BCUT2D eigenvalue weighted by Gasteiger charge is -2.14. The van der Waals surface area contributed by atoms with Gasteiger partial charge in [-0.1, -0.05) is 6.07 Å². The topological polar surface area (TPSA) is 101 Å². The molecular formula is C16H16N6O. The van der Waals surface area contributed by atoms with E-state index < -0.39 is 5.91 Å². The number of hydrogen-bond acceptors (Lipinski definition) is 5. The average molecular weight is 308 g/mol. The number of hydrogen-bond donors (Lipinski definition) is 2. The van der Waals surface area contributed by atoms with E-state index in [-0.39, 0.29) is 5.69 Å². The van der Waals surface area contributed by atoms with Crippen LogP contribution in [-0.4, -0.2) is 39.2 Å². The van der Waals surface area contributed by atoms with E-state index in [1.807, 2.05) is 30.6 Å². The maximum absolute atomic E-state index is 11.4. The van der Waals surface area contributed by atoms with Gasteiger partial charge < -0.3 is 10.6 Å². The maximum Gasteiger partial charge on any atom is 0.269 e. The number of H-pyrrole nitrogens is 1. The number of benzene rings is 1. The fraction of sp³-hybridized carbons (Fsp3) is 0.250. The normalized spacial score (nSPS) is 14.5. The van der Waals surface area contributed by atoms with Gasteiger partial charge in [0, 0.05) is 36.4 Å². The highest BCUT2D eigenvalue weighted by Crippen LogP contribution is 2.25. The third-order valence-corrected chi connectivity index (χ3v) is 4.16. The SMILES string of the molecule is NC(=O)c1n[nH]c2ccc(-c3cnc(N4CCCC4)nc3)cc12. The van der Waals surface area contributed by atoms with Crippen LogP contribution in [0.1, 0.15) is 23.3 Å². The zero-order valence-electron chi connectivity index (χ0n) is 12.5. The van der Waals surface area contributed by atoms with E-state index in [9.17, 15) is 4.79 Å². The number of anilines is 1. The first-order chi connectivity index (χ1) is 11.2. The van der Waals surface area contributed by atoms with Crippen molar-refractivity contribution in [3.8, 4) is 11.1 Å². The lowest BCUT2D eigenvalue weighted by atomic mass is 10.1. The molecular weight excluding hydrogens is 292 g/mol. The number of primary amides is 1. The molecule has 1 amide bonds. The van der Waals surface area contributed by atoms with Crippen LogP contribution in [0.2, 0.25) is 0 Å². The molecule has 0 bridgehead atoms. The molecule has 0 spiro atoms.